The van der Waals surface area contributed by atoms with Crippen molar-refractivity contribution in [2.45, 2.75) is 52.4 Å². The minimum absolute atomic E-state index is 0.0717. The summed E-state index contributed by atoms with van der Waals surface area (Å²) >= 11 is 1.61. The number of ether oxygens (including phenoxy) is 1. The monoisotopic (exact) mass is 408 g/mol. The summed E-state index contributed by atoms with van der Waals surface area (Å²) in [5.74, 6) is 1.01. The molecular weight excluding hydrogens is 380 g/mol. The molecule has 29 heavy (non-hydrogen) atoms. The van der Waals surface area contributed by atoms with Crippen LogP contribution in [0, 0.1) is 0 Å². The Morgan fingerprint density at radius 2 is 1.69 bits per heavy atom. The molecule has 1 heterocycles. The van der Waals surface area contributed by atoms with Crippen LogP contribution in [0.15, 0.2) is 48.5 Å². The molecule has 3 aromatic rings. The van der Waals surface area contributed by atoms with Crippen molar-refractivity contribution in [2.24, 2.45) is 0 Å². The van der Waals surface area contributed by atoms with Crippen LogP contribution in [0.2, 0.25) is 0 Å². The van der Waals surface area contributed by atoms with Gasteiger partial charge in [0.15, 0.2) is 5.78 Å². The maximum atomic E-state index is 11.4. The molecule has 3 rings (SSSR count). The number of aryl methyl sites for hydroxylation is 2. The first-order chi connectivity index (χ1) is 14.2. The van der Waals surface area contributed by atoms with Gasteiger partial charge >= 0.3 is 0 Å². The van der Waals surface area contributed by atoms with E-state index in [4.69, 9.17) is 4.74 Å². The summed E-state index contributed by atoms with van der Waals surface area (Å²) in [4.78, 5) is 11.4. The molecule has 152 valence electrons. The number of hydrogen-bond acceptors (Lipinski definition) is 5. The second kappa shape index (κ2) is 10.9. The fraction of sp³-hybridized carbons (Fsp3) is 0.375. The van der Waals surface area contributed by atoms with Crippen LogP contribution >= 0.6 is 11.3 Å². The number of hydrogen-bond donors (Lipinski definition) is 0. The average molecular weight is 409 g/mol. The Bertz CT molecular complexity index is 901. The summed E-state index contributed by atoms with van der Waals surface area (Å²) in [5, 5.41) is 10.5. The van der Waals surface area contributed by atoms with Crippen molar-refractivity contribution >= 4 is 17.1 Å². The Kier molecular flexibility index (Phi) is 7.94. The third-order valence-electron chi connectivity index (χ3n) is 4.82. The van der Waals surface area contributed by atoms with Crippen LogP contribution in [0.25, 0.3) is 10.6 Å². The molecule has 0 atom stereocenters. The van der Waals surface area contributed by atoms with Gasteiger partial charge in [-0.25, -0.2) is 0 Å². The Hall–Kier alpha value is -2.53. The predicted octanol–water partition coefficient (Wildman–Crippen LogP) is 6.15. The predicted molar refractivity (Wildman–Crippen MR) is 119 cm³/mol. The fourth-order valence-corrected chi connectivity index (χ4v) is 3.89. The van der Waals surface area contributed by atoms with Gasteiger partial charge in [0.1, 0.15) is 15.8 Å². The van der Waals surface area contributed by atoms with Gasteiger partial charge in [-0.1, -0.05) is 73.9 Å². The second-order valence-electron chi connectivity index (χ2n) is 7.19. The molecule has 5 heteroatoms. The Morgan fingerprint density at radius 1 is 0.931 bits per heavy atom. The lowest BCUT2D eigenvalue weighted by Gasteiger charge is -2.07. The van der Waals surface area contributed by atoms with Crippen LogP contribution in [-0.4, -0.2) is 22.6 Å². The first-order valence-corrected chi connectivity index (χ1v) is 11.1. The van der Waals surface area contributed by atoms with Gasteiger partial charge in [-0.15, -0.1) is 10.2 Å². The molecule has 0 bridgehead atoms. The summed E-state index contributed by atoms with van der Waals surface area (Å²) in [7, 11) is 0. The van der Waals surface area contributed by atoms with Crippen LogP contribution in [0.3, 0.4) is 0 Å². The number of aromatic nitrogens is 2. The lowest BCUT2D eigenvalue weighted by Crippen LogP contribution is -1.97. The highest BCUT2D eigenvalue weighted by atomic mass is 32.1. The van der Waals surface area contributed by atoms with Crippen molar-refractivity contribution < 1.29 is 9.53 Å². The molecular formula is C24H28N2O2S. The SMILES string of the molecule is CCCCCCOc1ccc(CCc2nnc(-c3ccc(C(C)=O)cc3)s2)cc1. The molecule has 0 N–H and O–H groups in total. The zero-order valence-electron chi connectivity index (χ0n) is 17.2. The van der Waals surface area contributed by atoms with Gasteiger partial charge in [-0.05, 0) is 37.5 Å². The van der Waals surface area contributed by atoms with Gasteiger partial charge in [0, 0.05) is 17.5 Å². The number of benzene rings is 2. The minimum atomic E-state index is 0.0717. The molecule has 0 amide bonds. The van der Waals surface area contributed by atoms with Crippen molar-refractivity contribution in [1.29, 1.82) is 0 Å². The van der Waals surface area contributed by atoms with E-state index in [0.29, 0.717) is 5.56 Å². The highest BCUT2D eigenvalue weighted by molar-refractivity contribution is 7.14. The maximum Gasteiger partial charge on any atom is 0.159 e. The molecule has 0 aliphatic rings. The molecule has 0 aliphatic carbocycles. The molecule has 1 aromatic heterocycles. The summed E-state index contributed by atoms with van der Waals surface area (Å²) < 4.78 is 5.80. The van der Waals surface area contributed by atoms with Crippen molar-refractivity contribution in [2.75, 3.05) is 6.61 Å². The van der Waals surface area contributed by atoms with Crippen LogP contribution < -0.4 is 4.74 Å². The lowest BCUT2D eigenvalue weighted by atomic mass is 10.1. The number of rotatable bonds is 11. The van der Waals surface area contributed by atoms with Crippen molar-refractivity contribution in [3.05, 3.63) is 64.7 Å². The standard InChI is InChI=1S/C24H28N2O2S/c1-3-4-5-6-17-28-22-14-7-19(8-15-22)9-16-23-25-26-24(29-23)21-12-10-20(11-13-21)18(2)27/h7-8,10-15H,3-6,9,16-17H2,1-2H3. The minimum Gasteiger partial charge on any atom is -0.494 e. The third kappa shape index (κ3) is 6.50. The number of carbonyl (C=O) groups excluding carboxylic acids is 1. The van der Waals surface area contributed by atoms with Gasteiger partial charge in [0.2, 0.25) is 0 Å². The molecule has 0 saturated heterocycles. The zero-order valence-corrected chi connectivity index (χ0v) is 18.0. The van der Waals surface area contributed by atoms with Crippen LogP contribution in [-0.2, 0) is 12.8 Å². The van der Waals surface area contributed by atoms with Crippen molar-refractivity contribution in [3.63, 3.8) is 0 Å². The maximum absolute atomic E-state index is 11.4. The second-order valence-corrected chi connectivity index (χ2v) is 8.25. The number of ketones is 1. The number of carbonyl (C=O) groups is 1. The molecule has 0 aliphatic heterocycles. The summed E-state index contributed by atoms with van der Waals surface area (Å²) in [5.41, 5.74) is 2.98. The van der Waals surface area contributed by atoms with Gasteiger partial charge < -0.3 is 4.74 Å². The van der Waals surface area contributed by atoms with E-state index in [0.717, 1.165) is 47.2 Å². The first kappa shape index (κ1) is 21.2. The van der Waals surface area contributed by atoms with Crippen LogP contribution in [0.5, 0.6) is 5.75 Å². The molecule has 0 saturated carbocycles. The summed E-state index contributed by atoms with van der Waals surface area (Å²) in [6, 6.07) is 15.9. The Morgan fingerprint density at radius 3 is 2.38 bits per heavy atom. The third-order valence-corrected chi connectivity index (χ3v) is 5.85. The van der Waals surface area contributed by atoms with Gasteiger partial charge in [0.05, 0.1) is 6.61 Å². The van der Waals surface area contributed by atoms with Gasteiger partial charge in [0.25, 0.3) is 0 Å². The molecule has 0 spiro atoms. The van der Waals surface area contributed by atoms with E-state index in [-0.39, 0.29) is 5.78 Å². The van der Waals surface area contributed by atoms with Crippen LogP contribution in [0.1, 0.15) is 60.5 Å². The fourth-order valence-electron chi connectivity index (χ4n) is 3.04. The smallest absolute Gasteiger partial charge is 0.159 e. The number of nitrogens with zero attached hydrogens (tertiary/aromatic N) is 2. The molecule has 2 aromatic carbocycles. The summed E-state index contributed by atoms with van der Waals surface area (Å²) in [6.07, 6.45) is 6.66. The lowest BCUT2D eigenvalue weighted by molar-refractivity contribution is 0.101. The van der Waals surface area contributed by atoms with E-state index in [2.05, 4.69) is 41.4 Å². The first-order valence-electron chi connectivity index (χ1n) is 10.3. The number of Topliss-reactive ketones (excluding diaryl/α,β-unsaturated/α-hetero) is 1. The van der Waals surface area contributed by atoms with E-state index in [1.54, 1.807) is 18.3 Å². The average Bonchev–Trinajstić information content (AvgIpc) is 3.22. The topological polar surface area (TPSA) is 52.1 Å². The highest BCUT2D eigenvalue weighted by Gasteiger charge is 2.08. The van der Waals surface area contributed by atoms with Crippen molar-refractivity contribution in [3.8, 4) is 16.3 Å². The van der Waals surface area contributed by atoms with E-state index >= 15 is 0 Å². The summed E-state index contributed by atoms with van der Waals surface area (Å²) in [6.45, 7) is 4.58. The van der Waals surface area contributed by atoms with Crippen molar-refractivity contribution in [1.82, 2.24) is 10.2 Å². The van der Waals surface area contributed by atoms with Gasteiger partial charge in [-0.2, -0.15) is 0 Å². The number of unbranched alkanes of at least 4 members (excludes halogenated alkanes) is 3. The Labute approximate surface area is 177 Å². The molecule has 0 radical (unpaired) electrons. The van der Waals surface area contributed by atoms with Crippen LogP contribution in [0.4, 0.5) is 0 Å². The molecule has 0 unspecified atom stereocenters. The van der Waals surface area contributed by atoms with E-state index in [9.17, 15) is 4.79 Å². The Balaban J connectivity index is 1.48. The molecule has 0 fully saturated rings. The molecule has 4 nitrogen and oxygen atoms in total. The zero-order chi connectivity index (χ0) is 20.5. The quantitative estimate of drug-likeness (QED) is 0.282. The normalized spacial score (nSPS) is 10.8. The van der Waals surface area contributed by atoms with E-state index < -0.39 is 0 Å². The van der Waals surface area contributed by atoms with E-state index in [1.807, 2.05) is 24.3 Å². The largest absolute Gasteiger partial charge is 0.494 e. The van der Waals surface area contributed by atoms with Gasteiger partial charge in [-0.3, -0.25) is 4.79 Å². The highest BCUT2D eigenvalue weighted by Crippen LogP contribution is 2.25. The van der Waals surface area contributed by atoms with E-state index in [1.165, 1.54) is 24.8 Å².